The normalized spacial score (nSPS) is 31.5. The van der Waals surface area contributed by atoms with Gasteiger partial charge in [-0.05, 0) is 50.3 Å². The number of halogens is 2. The van der Waals surface area contributed by atoms with E-state index in [4.69, 9.17) is 17.3 Å². The number of nitrogens with two attached hydrogens (primary N) is 1. The van der Waals surface area contributed by atoms with Crippen molar-refractivity contribution in [1.29, 1.82) is 0 Å². The molecular weight excluding hydrogens is 312 g/mol. The van der Waals surface area contributed by atoms with Crippen LogP contribution >= 0.6 is 27.5 Å². The fourth-order valence-corrected chi connectivity index (χ4v) is 4.28. The lowest BCUT2D eigenvalue weighted by atomic mass is 9.81. The second-order valence-corrected chi connectivity index (χ2v) is 6.80. The molecule has 2 unspecified atom stereocenters. The average Bonchev–Trinajstić information content (AvgIpc) is 2.28. The van der Waals surface area contributed by atoms with Crippen LogP contribution in [0.25, 0.3) is 0 Å². The molecule has 0 amide bonds. The first-order valence-corrected chi connectivity index (χ1v) is 7.81. The van der Waals surface area contributed by atoms with Gasteiger partial charge in [0.25, 0.3) is 0 Å². The minimum absolute atomic E-state index is 0.366. The number of nitrogens with zero attached hydrogens (tertiary/aromatic N) is 1. The first kappa shape index (κ1) is 12.8. The Bertz CT molecular complexity index is 437. The van der Waals surface area contributed by atoms with Gasteiger partial charge in [-0.25, -0.2) is 0 Å². The number of fused-ring (bicyclic) bond motifs is 2. The lowest BCUT2D eigenvalue weighted by molar-refractivity contribution is 0.271. The number of hydrogen-bond donors (Lipinski definition) is 1. The number of rotatable bonds is 1. The zero-order valence-corrected chi connectivity index (χ0v) is 12.6. The standard InChI is InChI=1S/C14H18BrClN2/c15-9-4-5-14(13(16)6-9)18-11-2-1-3-12(18)8-10(17)7-11/h4-6,10-12H,1-3,7-8,17H2. The van der Waals surface area contributed by atoms with E-state index in [1.165, 1.54) is 24.9 Å². The van der Waals surface area contributed by atoms with Crippen LogP contribution in [0.1, 0.15) is 32.1 Å². The second-order valence-electron chi connectivity index (χ2n) is 5.47. The van der Waals surface area contributed by atoms with Gasteiger partial charge in [0.2, 0.25) is 0 Å². The number of benzene rings is 1. The lowest BCUT2D eigenvalue weighted by Gasteiger charge is -2.50. The van der Waals surface area contributed by atoms with Crippen molar-refractivity contribution in [2.75, 3.05) is 4.90 Å². The Balaban J connectivity index is 1.95. The van der Waals surface area contributed by atoms with Crippen LogP contribution in [0.3, 0.4) is 0 Å². The van der Waals surface area contributed by atoms with Gasteiger partial charge in [0.05, 0.1) is 10.7 Å². The highest BCUT2D eigenvalue weighted by molar-refractivity contribution is 9.10. The number of anilines is 1. The Labute approximate surface area is 122 Å². The smallest absolute Gasteiger partial charge is 0.0650 e. The molecular formula is C14H18BrClN2. The molecule has 2 atom stereocenters. The quantitative estimate of drug-likeness (QED) is 0.845. The van der Waals surface area contributed by atoms with Gasteiger partial charge in [0.1, 0.15) is 0 Å². The molecule has 1 aromatic rings. The minimum Gasteiger partial charge on any atom is -0.364 e. The summed E-state index contributed by atoms with van der Waals surface area (Å²) in [7, 11) is 0. The molecule has 2 bridgehead atoms. The van der Waals surface area contributed by atoms with Crippen LogP contribution in [-0.2, 0) is 0 Å². The van der Waals surface area contributed by atoms with E-state index < -0.39 is 0 Å². The van der Waals surface area contributed by atoms with Gasteiger partial charge in [-0.2, -0.15) is 0 Å². The van der Waals surface area contributed by atoms with Crippen molar-refractivity contribution in [3.8, 4) is 0 Å². The minimum atomic E-state index is 0.366. The number of hydrogen-bond acceptors (Lipinski definition) is 2. The highest BCUT2D eigenvalue weighted by atomic mass is 79.9. The third kappa shape index (κ3) is 2.28. The van der Waals surface area contributed by atoms with Crippen molar-refractivity contribution in [3.63, 3.8) is 0 Å². The maximum absolute atomic E-state index is 6.41. The molecule has 0 aliphatic carbocycles. The van der Waals surface area contributed by atoms with Crippen molar-refractivity contribution in [2.24, 2.45) is 5.73 Å². The largest absolute Gasteiger partial charge is 0.364 e. The van der Waals surface area contributed by atoms with E-state index in [-0.39, 0.29) is 0 Å². The summed E-state index contributed by atoms with van der Waals surface area (Å²) < 4.78 is 1.04. The Hall–Kier alpha value is -0.250. The lowest BCUT2D eigenvalue weighted by Crippen LogP contribution is -2.55. The Morgan fingerprint density at radius 3 is 2.50 bits per heavy atom. The van der Waals surface area contributed by atoms with Gasteiger partial charge in [0.15, 0.2) is 0 Å². The third-order valence-electron chi connectivity index (χ3n) is 4.20. The molecule has 4 heteroatoms. The molecule has 1 aromatic carbocycles. The number of piperidine rings is 2. The monoisotopic (exact) mass is 328 g/mol. The Morgan fingerprint density at radius 1 is 1.22 bits per heavy atom. The third-order valence-corrected chi connectivity index (χ3v) is 5.00. The zero-order chi connectivity index (χ0) is 12.7. The van der Waals surface area contributed by atoms with Crippen LogP contribution in [0.15, 0.2) is 22.7 Å². The highest BCUT2D eigenvalue weighted by Crippen LogP contribution is 2.40. The van der Waals surface area contributed by atoms with Crippen LogP contribution in [0, 0.1) is 0 Å². The fraction of sp³-hybridized carbons (Fsp3) is 0.571. The molecule has 2 aliphatic heterocycles. The van der Waals surface area contributed by atoms with E-state index in [0.29, 0.717) is 18.1 Å². The van der Waals surface area contributed by atoms with Gasteiger partial charge < -0.3 is 10.6 Å². The molecule has 3 rings (SSSR count). The van der Waals surface area contributed by atoms with Crippen LogP contribution in [0.4, 0.5) is 5.69 Å². The van der Waals surface area contributed by atoms with Crippen molar-refractivity contribution >= 4 is 33.2 Å². The summed E-state index contributed by atoms with van der Waals surface area (Å²) in [5, 5.41) is 0.844. The van der Waals surface area contributed by atoms with Crippen molar-refractivity contribution in [1.82, 2.24) is 0 Å². The van der Waals surface area contributed by atoms with Crippen LogP contribution in [0.2, 0.25) is 5.02 Å². The van der Waals surface area contributed by atoms with Gasteiger partial charge in [-0.1, -0.05) is 27.5 Å². The fourth-order valence-electron chi connectivity index (χ4n) is 3.51. The topological polar surface area (TPSA) is 29.3 Å². The molecule has 18 heavy (non-hydrogen) atoms. The molecule has 2 aliphatic rings. The molecule has 98 valence electrons. The predicted octanol–water partition coefficient (Wildman–Crippen LogP) is 3.95. The van der Waals surface area contributed by atoms with Gasteiger partial charge >= 0.3 is 0 Å². The molecule has 0 radical (unpaired) electrons. The van der Waals surface area contributed by atoms with Gasteiger partial charge in [0, 0.05) is 22.6 Å². The summed E-state index contributed by atoms with van der Waals surface area (Å²) in [6.45, 7) is 0. The average molecular weight is 330 g/mol. The summed E-state index contributed by atoms with van der Waals surface area (Å²) in [5.74, 6) is 0. The molecule has 2 fully saturated rings. The first-order chi connectivity index (χ1) is 8.65. The van der Waals surface area contributed by atoms with E-state index in [9.17, 15) is 0 Å². The maximum Gasteiger partial charge on any atom is 0.0650 e. The Kier molecular flexibility index (Phi) is 3.57. The van der Waals surface area contributed by atoms with E-state index in [1.54, 1.807) is 0 Å². The first-order valence-electron chi connectivity index (χ1n) is 6.64. The molecule has 2 N–H and O–H groups in total. The SMILES string of the molecule is NC1CC2CCCC(C1)N2c1ccc(Br)cc1Cl. The summed E-state index contributed by atoms with van der Waals surface area (Å²) >= 11 is 9.88. The van der Waals surface area contributed by atoms with Crippen molar-refractivity contribution in [2.45, 2.75) is 50.2 Å². The Morgan fingerprint density at radius 2 is 1.89 bits per heavy atom. The summed E-state index contributed by atoms with van der Waals surface area (Å²) in [6, 6.07) is 7.71. The highest BCUT2D eigenvalue weighted by Gasteiger charge is 2.37. The van der Waals surface area contributed by atoms with E-state index in [2.05, 4.69) is 33.0 Å². The van der Waals surface area contributed by atoms with E-state index in [0.717, 1.165) is 22.3 Å². The van der Waals surface area contributed by atoms with Crippen LogP contribution in [0.5, 0.6) is 0 Å². The van der Waals surface area contributed by atoms with E-state index in [1.807, 2.05) is 6.07 Å². The van der Waals surface area contributed by atoms with E-state index >= 15 is 0 Å². The second kappa shape index (κ2) is 5.03. The zero-order valence-electron chi connectivity index (χ0n) is 10.3. The molecule has 0 spiro atoms. The molecule has 0 aromatic heterocycles. The molecule has 0 saturated carbocycles. The van der Waals surface area contributed by atoms with Crippen molar-refractivity contribution < 1.29 is 0 Å². The summed E-state index contributed by atoms with van der Waals surface area (Å²) in [6.07, 6.45) is 6.02. The van der Waals surface area contributed by atoms with Gasteiger partial charge in [-0.15, -0.1) is 0 Å². The molecule has 2 heterocycles. The maximum atomic E-state index is 6.41. The summed E-state index contributed by atoms with van der Waals surface area (Å²) in [4.78, 5) is 2.53. The van der Waals surface area contributed by atoms with Gasteiger partial charge in [-0.3, -0.25) is 0 Å². The predicted molar refractivity (Wildman–Crippen MR) is 80.3 cm³/mol. The van der Waals surface area contributed by atoms with Crippen LogP contribution in [-0.4, -0.2) is 18.1 Å². The molecule has 2 nitrogen and oxygen atoms in total. The summed E-state index contributed by atoms with van der Waals surface area (Å²) in [5.41, 5.74) is 7.34. The van der Waals surface area contributed by atoms with Crippen LogP contribution < -0.4 is 10.6 Å². The van der Waals surface area contributed by atoms with Crippen molar-refractivity contribution in [3.05, 3.63) is 27.7 Å². The molecule has 2 saturated heterocycles.